The van der Waals surface area contributed by atoms with E-state index >= 15 is 0 Å². The van der Waals surface area contributed by atoms with Crippen LogP contribution in [-0.4, -0.2) is 9.97 Å². The van der Waals surface area contributed by atoms with E-state index in [1.54, 1.807) is 0 Å². The average Bonchev–Trinajstić information content (AvgIpc) is 2.53. The Morgan fingerprint density at radius 1 is 0.636 bits per heavy atom. The van der Waals surface area contributed by atoms with Crippen molar-refractivity contribution >= 4 is 0 Å². The fraction of sp³-hybridized carbons (Fsp3) is 0.200. The molecule has 0 amide bonds. The van der Waals surface area contributed by atoms with Gasteiger partial charge in [0.1, 0.15) is 0 Å². The summed E-state index contributed by atoms with van der Waals surface area (Å²) in [6, 6.07) is 12.7. The van der Waals surface area contributed by atoms with Crippen LogP contribution in [0.5, 0.6) is 0 Å². The second-order valence-corrected chi connectivity index (χ2v) is 5.90. The summed E-state index contributed by atoms with van der Waals surface area (Å²) in [7, 11) is 0. The molecule has 0 spiro atoms. The van der Waals surface area contributed by atoms with Crippen LogP contribution in [0.1, 0.15) is 22.3 Å². The van der Waals surface area contributed by atoms with E-state index in [2.05, 4.69) is 74.1 Å². The fourth-order valence-corrected chi connectivity index (χ4v) is 2.54. The molecule has 110 valence electrons. The largest absolute Gasteiger partial charge is 0.236 e. The Hall–Kier alpha value is -2.48. The molecule has 0 unspecified atom stereocenters. The minimum Gasteiger partial charge on any atom is -0.236 e. The molecule has 0 aliphatic heterocycles. The first-order chi connectivity index (χ1) is 10.5. The number of nitrogens with zero attached hydrogens (tertiary/aromatic N) is 2. The Kier molecular flexibility index (Phi) is 3.76. The van der Waals surface area contributed by atoms with E-state index in [1.165, 1.54) is 22.3 Å². The number of aromatic nitrogens is 2. The summed E-state index contributed by atoms with van der Waals surface area (Å²) in [5.74, 6) is 0.780. The summed E-state index contributed by atoms with van der Waals surface area (Å²) in [4.78, 5) is 9.10. The minimum atomic E-state index is 0.780. The molecule has 2 aromatic carbocycles. The van der Waals surface area contributed by atoms with Crippen molar-refractivity contribution in [1.29, 1.82) is 0 Å². The first kappa shape index (κ1) is 14.5. The molecule has 2 nitrogen and oxygen atoms in total. The molecule has 0 saturated heterocycles. The predicted octanol–water partition coefficient (Wildman–Crippen LogP) is 5.04. The molecule has 3 aromatic rings. The molecular weight excluding hydrogens is 268 g/mol. The Balaban J connectivity index is 1.96. The summed E-state index contributed by atoms with van der Waals surface area (Å²) >= 11 is 0. The standard InChI is InChI=1S/C20H20N2/c1-13-5-7-17(8-6-13)19-11-21-20(22-12-19)18-9-14(2)16(4)15(3)10-18/h5-12H,1-4H3. The third-order valence-corrected chi connectivity index (χ3v) is 4.22. The number of rotatable bonds is 2. The van der Waals surface area contributed by atoms with E-state index < -0.39 is 0 Å². The Labute approximate surface area is 131 Å². The molecule has 0 bridgehead atoms. The maximum absolute atomic E-state index is 4.55. The zero-order chi connectivity index (χ0) is 15.7. The van der Waals surface area contributed by atoms with Crippen molar-refractivity contribution in [3.63, 3.8) is 0 Å². The molecule has 0 radical (unpaired) electrons. The van der Waals surface area contributed by atoms with Crippen LogP contribution in [0.25, 0.3) is 22.5 Å². The normalized spacial score (nSPS) is 10.7. The van der Waals surface area contributed by atoms with E-state index in [4.69, 9.17) is 0 Å². The minimum absolute atomic E-state index is 0.780. The molecule has 1 aromatic heterocycles. The van der Waals surface area contributed by atoms with Crippen LogP contribution in [0.3, 0.4) is 0 Å². The number of benzene rings is 2. The molecule has 0 N–H and O–H groups in total. The van der Waals surface area contributed by atoms with Gasteiger partial charge in [0, 0.05) is 23.5 Å². The summed E-state index contributed by atoms with van der Waals surface area (Å²) in [5, 5.41) is 0. The molecule has 0 atom stereocenters. The molecule has 0 fully saturated rings. The van der Waals surface area contributed by atoms with Gasteiger partial charge in [-0.05, 0) is 62.1 Å². The summed E-state index contributed by atoms with van der Waals surface area (Å²) in [6.07, 6.45) is 3.80. The van der Waals surface area contributed by atoms with Gasteiger partial charge in [0.2, 0.25) is 0 Å². The van der Waals surface area contributed by atoms with E-state index in [9.17, 15) is 0 Å². The number of hydrogen-bond acceptors (Lipinski definition) is 2. The van der Waals surface area contributed by atoms with Gasteiger partial charge in [0.25, 0.3) is 0 Å². The molecular formula is C20H20N2. The van der Waals surface area contributed by atoms with Crippen molar-refractivity contribution in [3.8, 4) is 22.5 Å². The molecule has 1 heterocycles. The Bertz CT molecular complexity index is 777. The fourth-order valence-electron chi connectivity index (χ4n) is 2.54. The van der Waals surface area contributed by atoms with Crippen LogP contribution < -0.4 is 0 Å². The molecule has 22 heavy (non-hydrogen) atoms. The third kappa shape index (κ3) is 2.77. The Morgan fingerprint density at radius 2 is 1.18 bits per heavy atom. The lowest BCUT2D eigenvalue weighted by atomic mass is 10.00. The van der Waals surface area contributed by atoms with Crippen molar-refractivity contribution in [2.75, 3.05) is 0 Å². The third-order valence-electron chi connectivity index (χ3n) is 4.22. The van der Waals surface area contributed by atoms with Gasteiger partial charge in [-0.15, -0.1) is 0 Å². The van der Waals surface area contributed by atoms with Crippen molar-refractivity contribution in [1.82, 2.24) is 9.97 Å². The van der Waals surface area contributed by atoms with Crippen molar-refractivity contribution in [2.24, 2.45) is 0 Å². The topological polar surface area (TPSA) is 25.8 Å². The smallest absolute Gasteiger partial charge is 0.159 e. The van der Waals surface area contributed by atoms with Gasteiger partial charge < -0.3 is 0 Å². The SMILES string of the molecule is Cc1ccc(-c2cnc(-c3cc(C)c(C)c(C)c3)nc2)cc1. The summed E-state index contributed by atoms with van der Waals surface area (Å²) in [6.45, 7) is 8.50. The molecule has 3 rings (SSSR count). The quantitative estimate of drug-likeness (QED) is 0.660. The van der Waals surface area contributed by atoms with Gasteiger partial charge in [-0.2, -0.15) is 0 Å². The predicted molar refractivity (Wildman–Crippen MR) is 91.9 cm³/mol. The van der Waals surface area contributed by atoms with Gasteiger partial charge in [-0.25, -0.2) is 9.97 Å². The lowest BCUT2D eigenvalue weighted by Gasteiger charge is -2.09. The van der Waals surface area contributed by atoms with Gasteiger partial charge in [0.15, 0.2) is 5.82 Å². The first-order valence-electron chi connectivity index (χ1n) is 7.52. The van der Waals surface area contributed by atoms with Crippen LogP contribution in [-0.2, 0) is 0 Å². The highest BCUT2D eigenvalue weighted by molar-refractivity contribution is 5.65. The molecule has 2 heteroatoms. The van der Waals surface area contributed by atoms with Gasteiger partial charge in [0.05, 0.1) is 0 Å². The van der Waals surface area contributed by atoms with Crippen molar-refractivity contribution in [3.05, 3.63) is 71.0 Å². The van der Waals surface area contributed by atoms with Crippen LogP contribution in [0.2, 0.25) is 0 Å². The van der Waals surface area contributed by atoms with Crippen LogP contribution in [0.4, 0.5) is 0 Å². The number of hydrogen-bond donors (Lipinski definition) is 0. The lowest BCUT2D eigenvalue weighted by Crippen LogP contribution is -1.93. The monoisotopic (exact) mass is 288 g/mol. The van der Waals surface area contributed by atoms with Crippen LogP contribution in [0.15, 0.2) is 48.8 Å². The second kappa shape index (κ2) is 5.72. The highest BCUT2D eigenvalue weighted by atomic mass is 14.9. The zero-order valence-electron chi connectivity index (χ0n) is 13.5. The van der Waals surface area contributed by atoms with E-state index in [-0.39, 0.29) is 0 Å². The van der Waals surface area contributed by atoms with E-state index in [1.807, 2.05) is 12.4 Å². The first-order valence-corrected chi connectivity index (χ1v) is 7.52. The second-order valence-electron chi connectivity index (χ2n) is 5.90. The number of aryl methyl sites for hydroxylation is 3. The van der Waals surface area contributed by atoms with Gasteiger partial charge in [-0.1, -0.05) is 29.8 Å². The molecule has 0 aliphatic rings. The zero-order valence-corrected chi connectivity index (χ0v) is 13.5. The van der Waals surface area contributed by atoms with Crippen LogP contribution in [0, 0.1) is 27.7 Å². The average molecular weight is 288 g/mol. The van der Waals surface area contributed by atoms with E-state index in [0.29, 0.717) is 0 Å². The molecule has 0 aliphatic carbocycles. The summed E-state index contributed by atoms with van der Waals surface area (Å²) < 4.78 is 0. The maximum Gasteiger partial charge on any atom is 0.159 e. The highest BCUT2D eigenvalue weighted by Crippen LogP contribution is 2.24. The Morgan fingerprint density at radius 3 is 1.73 bits per heavy atom. The lowest BCUT2D eigenvalue weighted by molar-refractivity contribution is 1.16. The van der Waals surface area contributed by atoms with Gasteiger partial charge in [-0.3, -0.25) is 0 Å². The van der Waals surface area contributed by atoms with Crippen LogP contribution >= 0.6 is 0 Å². The maximum atomic E-state index is 4.55. The van der Waals surface area contributed by atoms with Gasteiger partial charge >= 0.3 is 0 Å². The van der Waals surface area contributed by atoms with E-state index in [0.717, 1.165) is 22.5 Å². The molecule has 0 saturated carbocycles. The van der Waals surface area contributed by atoms with Crippen molar-refractivity contribution < 1.29 is 0 Å². The van der Waals surface area contributed by atoms with Crippen molar-refractivity contribution in [2.45, 2.75) is 27.7 Å². The summed E-state index contributed by atoms with van der Waals surface area (Å²) in [5.41, 5.74) is 8.42. The highest BCUT2D eigenvalue weighted by Gasteiger charge is 2.06.